The molecule has 26 heavy (non-hydrogen) atoms. The minimum atomic E-state index is 0.180. The van der Waals surface area contributed by atoms with Crippen LogP contribution in [0.1, 0.15) is 17.9 Å². The summed E-state index contributed by atoms with van der Waals surface area (Å²) >= 11 is 12.5. The summed E-state index contributed by atoms with van der Waals surface area (Å²) in [6.45, 7) is 1.33. The van der Waals surface area contributed by atoms with Gasteiger partial charge in [-0.2, -0.15) is 0 Å². The highest BCUT2D eigenvalue weighted by atomic mass is 35.5. The van der Waals surface area contributed by atoms with Crippen LogP contribution in [0.4, 0.5) is 0 Å². The minimum Gasteiger partial charge on any atom is -0.497 e. The van der Waals surface area contributed by atoms with Crippen molar-refractivity contribution in [1.29, 1.82) is 0 Å². The summed E-state index contributed by atoms with van der Waals surface area (Å²) in [6, 6.07) is 13.2. The monoisotopic (exact) mass is 390 g/mol. The average Bonchev–Trinajstić information content (AvgIpc) is 3.14. The second-order valence-corrected chi connectivity index (χ2v) is 6.78. The van der Waals surface area contributed by atoms with E-state index in [2.05, 4.69) is 4.98 Å². The molecule has 0 bridgehead atoms. The van der Waals surface area contributed by atoms with E-state index < -0.39 is 0 Å². The molecule has 0 fully saturated rings. The number of imidazole rings is 1. The Hall–Kier alpha value is -2.17. The molecule has 3 aromatic rings. The summed E-state index contributed by atoms with van der Waals surface area (Å²) in [6.07, 6.45) is 6.32. The number of hydrogen-bond acceptors (Lipinski definition) is 3. The van der Waals surface area contributed by atoms with Crippen molar-refractivity contribution >= 4 is 23.2 Å². The predicted molar refractivity (Wildman–Crippen MR) is 105 cm³/mol. The Balaban J connectivity index is 1.70. The number of nitrogens with zero attached hydrogens (tertiary/aromatic N) is 2. The molecular formula is C20H20Cl2N2O2. The summed E-state index contributed by atoms with van der Waals surface area (Å²) < 4.78 is 13.2. The topological polar surface area (TPSA) is 36.3 Å². The summed E-state index contributed by atoms with van der Waals surface area (Å²) in [5, 5.41) is 1.30. The highest BCUT2D eigenvalue weighted by molar-refractivity contribution is 6.35. The third-order valence-corrected chi connectivity index (χ3v) is 4.73. The van der Waals surface area contributed by atoms with Crippen molar-refractivity contribution < 1.29 is 9.47 Å². The molecule has 2 aromatic carbocycles. The third kappa shape index (κ3) is 4.93. The highest BCUT2D eigenvalue weighted by Crippen LogP contribution is 2.31. The maximum Gasteiger partial charge on any atom is 0.122 e. The molecule has 0 aliphatic carbocycles. The second-order valence-electron chi connectivity index (χ2n) is 5.94. The van der Waals surface area contributed by atoms with Crippen LogP contribution in [0.25, 0.3) is 0 Å². The molecule has 6 heteroatoms. The Bertz CT molecular complexity index is 838. The van der Waals surface area contributed by atoms with Crippen molar-refractivity contribution in [3.05, 3.63) is 76.8 Å². The Morgan fingerprint density at radius 1 is 1.12 bits per heavy atom. The Morgan fingerprint density at radius 2 is 1.96 bits per heavy atom. The van der Waals surface area contributed by atoms with Crippen molar-refractivity contribution in [2.24, 2.45) is 0 Å². The molecule has 0 aliphatic heterocycles. The van der Waals surface area contributed by atoms with Crippen LogP contribution in [0.5, 0.6) is 11.5 Å². The Labute approximate surface area is 163 Å². The van der Waals surface area contributed by atoms with Gasteiger partial charge in [0.25, 0.3) is 0 Å². The molecule has 1 unspecified atom stereocenters. The molecule has 136 valence electrons. The predicted octanol–water partition coefficient (Wildman–Crippen LogP) is 5.45. The van der Waals surface area contributed by atoms with Gasteiger partial charge in [-0.05, 0) is 36.2 Å². The van der Waals surface area contributed by atoms with E-state index in [1.807, 2.05) is 47.2 Å². The molecule has 3 rings (SSSR count). The van der Waals surface area contributed by atoms with E-state index in [9.17, 15) is 0 Å². The largest absolute Gasteiger partial charge is 0.497 e. The Morgan fingerprint density at radius 3 is 2.69 bits per heavy atom. The van der Waals surface area contributed by atoms with Crippen LogP contribution < -0.4 is 9.47 Å². The molecule has 0 N–H and O–H groups in total. The molecule has 0 spiro atoms. The molecule has 1 aromatic heterocycles. The third-order valence-electron chi connectivity index (χ3n) is 4.17. The molecule has 0 saturated heterocycles. The van der Waals surface area contributed by atoms with Gasteiger partial charge in [0.15, 0.2) is 0 Å². The fraction of sp³-hybridized carbons (Fsp3) is 0.250. The summed E-state index contributed by atoms with van der Waals surface area (Å²) in [7, 11) is 1.64. The van der Waals surface area contributed by atoms with E-state index in [0.29, 0.717) is 16.7 Å². The van der Waals surface area contributed by atoms with Crippen LogP contribution in [0, 0.1) is 0 Å². The highest BCUT2D eigenvalue weighted by Gasteiger charge is 2.16. The number of hydrogen-bond donors (Lipinski definition) is 0. The van der Waals surface area contributed by atoms with Gasteiger partial charge < -0.3 is 14.0 Å². The lowest BCUT2D eigenvalue weighted by atomic mass is 9.95. The van der Waals surface area contributed by atoms with Gasteiger partial charge in [-0.3, -0.25) is 0 Å². The van der Waals surface area contributed by atoms with E-state index in [4.69, 9.17) is 32.7 Å². The van der Waals surface area contributed by atoms with Crippen LogP contribution >= 0.6 is 23.2 Å². The van der Waals surface area contributed by atoms with Crippen molar-refractivity contribution in [2.45, 2.75) is 18.9 Å². The molecule has 0 amide bonds. The molecular weight excluding hydrogens is 371 g/mol. The van der Waals surface area contributed by atoms with Gasteiger partial charge in [-0.15, -0.1) is 0 Å². The summed E-state index contributed by atoms with van der Waals surface area (Å²) in [5.74, 6) is 1.74. The lowest BCUT2D eigenvalue weighted by Crippen LogP contribution is -2.12. The van der Waals surface area contributed by atoms with Crippen LogP contribution in [-0.4, -0.2) is 23.3 Å². The van der Waals surface area contributed by atoms with Gasteiger partial charge in [-0.1, -0.05) is 35.3 Å². The second kappa shape index (κ2) is 8.97. The Kier molecular flexibility index (Phi) is 6.42. The first kappa shape index (κ1) is 18.6. The fourth-order valence-electron chi connectivity index (χ4n) is 2.84. The lowest BCUT2D eigenvalue weighted by Gasteiger charge is -2.20. The molecule has 4 nitrogen and oxygen atoms in total. The zero-order valence-corrected chi connectivity index (χ0v) is 16.0. The van der Waals surface area contributed by atoms with Crippen LogP contribution in [0.2, 0.25) is 10.0 Å². The molecule has 0 radical (unpaired) electrons. The van der Waals surface area contributed by atoms with Crippen molar-refractivity contribution in [3.63, 3.8) is 0 Å². The van der Waals surface area contributed by atoms with Gasteiger partial charge in [-0.25, -0.2) is 4.98 Å². The standard InChI is InChI=1S/C20H20Cl2N2O2/c1-25-17-3-2-4-18(12-17)26-10-7-15(13-24-9-8-23-14-24)19-6-5-16(21)11-20(19)22/h2-6,8-9,11-12,14-15H,7,10,13H2,1H3. The van der Waals surface area contributed by atoms with Crippen LogP contribution in [0.15, 0.2) is 61.2 Å². The van der Waals surface area contributed by atoms with Crippen molar-refractivity contribution in [2.75, 3.05) is 13.7 Å². The van der Waals surface area contributed by atoms with Gasteiger partial charge in [0, 0.05) is 41.0 Å². The summed E-state index contributed by atoms with van der Waals surface area (Å²) in [5.41, 5.74) is 1.05. The van der Waals surface area contributed by atoms with E-state index in [0.717, 1.165) is 30.0 Å². The first-order valence-electron chi connectivity index (χ1n) is 8.33. The zero-order valence-electron chi connectivity index (χ0n) is 14.4. The number of halogens is 2. The molecule has 0 saturated carbocycles. The van der Waals surface area contributed by atoms with Crippen LogP contribution in [0.3, 0.4) is 0 Å². The number of rotatable bonds is 8. The smallest absolute Gasteiger partial charge is 0.122 e. The summed E-state index contributed by atoms with van der Waals surface area (Å²) in [4.78, 5) is 4.12. The normalized spacial score (nSPS) is 12.0. The first-order chi connectivity index (χ1) is 12.7. The van der Waals surface area contributed by atoms with E-state index in [-0.39, 0.29) is 5.92 Å². The fourth-order valence-corrected chi connectivity index (χ4v) is 3.40. The van der Waals surface area contributed by atoms with Crippen molar-refractivity contribution in [3.8, 4) is 11.5 Å². The van der Waals surface area contributed by atoms with E-state index in [1.165, 1.54) is 0 Å². The van der Waals surface area contributed by atoms with Gasteiger partial charge >= 0.3 is 0 Å². The number of methoxy groups -OCH3 is 1. The van der Waals surface area contributed by atoms with Gasteiger partial charge in [0.2, 0.25) is 0 Å². The van der Waals surface area contributed by atoms with Gasteiger partial charge in [0.1, 0.15) is 11.5 Å². The minimum absolute atomic E-state index is 0.180. The SMILES string of the molecule is COc1cccc(OCCC(Cn2ccnc2)c2ccc(Cl)cc2Cl)c1. The van der Waals surface area contributed by atoms with Gasteiger partial charge in [0.05, 0.1) is 20.0 Å². The van der Waals surface area contributed by atoms with E-state index >= 15 is 0 Å². The number of ether oxygens (including phenoxy) is 2. The van der Waals surface area contributed by atoms with Crippen molar-refractivity contribution in [1.82, 2.24) is 9.55 Å². The zero-order chi connectivity index (χ0) is 18.4. The average molecular weight is 391 g/mol. The maximum atomic E-state index is 6.43. The van der Waals surface area contributed by atoms with E-state index in [1.54, 1.807) is 25.7 Å². The lowest BCUT2D eigenvalue weighted by molar-refractivity contribution is 0.289. The molecule has 1 atom stereocenters. The first-order valence-corrected chi connectivity index (χ1v) is 9.09. The number of benzene rings is 2. The quantitative estimate of drug-likeness (QED) is 0.512. The number of aromatic nitrogens is 2. The van der Waals surface area contributed by atoms with Crippen LogP contribution in [-0.2, 0) is 6.54 Å². The molecule has 1 heterocycles. The molecule has 0 aliphatic rings. The maximum absolute atomic E-state index is 6.43.